The maximum absolute atomic E-state index is 2.63. The van der Waals surface area contributed by atoms with Crippen molar-refractivity contribution >= 4 is 8.78 Å². The van der Waals surface area contributed by atoms with Crippen molar-refractivity contribution in [3.63, 3.8) is 0 Å². The normalized spacial score (nSPS) is 31.1. The topological polar surface area (TPSA) is 0 Å². The summed E-state index contributed by atoms with van der Waals surface area (Å²) in [6.07, 6.45) is 6.12. The molecule has 1 saturated carbocycles. The molecule has 6 rings (SSSR count). The van der Waals surface area contributed by atoms with E-state index in [1.807, 2.05) is 0 Å². The number of hydrogen-bond donors (Lipinski definition) is 0. The third-order valence-electron chi connectivity index (χ3n) is 12.4. The molecule has 0 heterocycles. The zero-order valence-corrected chi connectivity index (χ0v) is 34.5. The molecule has 0 spiro atoms. The van der Waals surface area contributed by atoms with E-state index in [0.29, 0.717) is 35.0 Å². The summed E-state index contributed by atoms with van der Waals surface area (Å²) in [5.74, 6) is 4.93. The third kappa shape index (κ3) is 6.68. The van der Waals surface area contributed by atoms with Gasteiger partial charge in [-0.2, -0.15) is 22.8 Å². The number of allylic oxidation sites excluding steroid dienone is 6. The summed E-state index contributed by atoms with van der Waals surface area (Å²) in [4.78, 5) is 0. The average Bonchev–Trinajstić information content (AvgIpc) is 3.53. The van der Waals surface area contributed by atoms with Crippen molar-refractivity contribution in [2.24, 2.45) is 40.4 Å². The molecule has 0 radical (unpaired) electrons. The molecule has 0 amide bonds. The fourth-order valence-electron chi connectivity index (χ4n) is 9.19. The Morgan fingerprint density at radius 3 is 1.98 bits per heavy atom. The average molecular weight is 725 g/mol. The van der Waals surface area contributed by atoms with Crippen LogP contribution in [0, 0.1) is 53.3 Å². The Bertz CT molecular complexity index is 1460. The van der Waals surface area contributed by atoms with Gasteiger partial charge in [0, 0.05) is 5.41 Å². The molecule has 2 aromatic carbocycles. The van der Waals surface area contributed by atoms with Crippen LogP contribution in [0.15, 0.2) is 71.3 Å². The molecule has 1 fully saturated rings. The minimum Gasteiger partial charge on any atom is -1.00 e. The van der Waals surface area contributed by atoms with Crippen LogP contribution in [0.2, 0.25) is 0 Å². The van der Waals surface area contributed by atoms with E-state index < -0.39 is 0 Å². The van der Waals surface area contributed by atoms with E-state index >= 15 is 0 Å². The predicted octanol–water partition coefficient (Wildman–Crippen LogP) is 5.44. The first-order valence-electron chi connectivity index (χ1n) is 16.7. The van der Waals surface area contributed by atoms with E-state index in [9.17, 15) is 0 Å². The fourth-order valence-corrected chi connectivity index (χ4v) is 9.19. The third-order valence-corrected chi connectivity index (χ3v) is 12.4. The Morgan fingerprint density at radius 1 is 0.889 bits per heavy atom. The Morgan fingerprint density at radius 2 is 1.47 bits per heavy atom. The Hall–Kier alpha value is -1.01. The molecule has 2 aromatic rings. The van der Waals surface area contributed by atoms with Gasteiger partial charge < -0.3 is 24.8 Å². The summed E-state index contributed by atoms with van der Waals surface area (Å²) in [5.41, 5.74) is 13.1. The van der Waals surface area contributed by atoms with Gasteiger partial charge in [0.1, 0.15) is 0 Å². The van der Waals surface area contributed by atoms with Crippen molar-refractivity contribution in [2.45, 2.75) is 109 Å². The Labute approximate surface area is 304 Å². The van der Waals surface area contributed by atoms with Crippen molar-refractivity contribution in [1.29, 1.82) is 0 Å². The largest absolute Gasteiger partial charge is 1.00 e. The number of benzene rings is 1. The summed E-state index contributed by atoms with van der Waals surface area (Å²) in [7, 11) is 0. The molecule has 7 unspecified atom stereocenters. The van der Waals surface area contributed by atoms with Gasteiger partial charge in [0.15, 0.2) is 0 Å². The van der Waals surface area contributed by atoms with Crippen LogP contribution in [-0.2, 0) is 36.1 Å². The van der Waals surface area contributed by atoms with Crippen LogP contribution in [0.25, 0.3) is 5.57 Å². The van der Waals surface area contributed by atoms with Crippen LogP contribution < -0.4 is 24.8 Å². The minimum atomic E-state index is 0. The van der Waals surface area contributed by atoms with Crippen molar-refractivity contribution < 1.29 is 49.0 Å². The van der Waals surface area contributed by atoms with E-state index in [0.717, 1.165) is 6.42 Å². The summed E-state index contributed by atoms with van der Waals surface area (Å²) in [6, 6.07) is 15.7. The van der Waals surface area contributed by atoms with E-state index in [1.165, 1.54) is 25.5 Å². The maximum atomic E-state index is 2.63. The summed E-state index contributed by atoms with van der Waals surface area (Å²) in [6.45, 7) is 33.3. The Kier molecular flexibility index (Phi) is 13.1. The van der Waals surface area contributed by atoms with E-state index in [2.05, 4.69) is 152 Å². The summed E-state index contributed by atoms with van der Waals surface area (Å²) >= 11 is 1.55. The minimum absolute atomic E-state index is 0. The standard InChI is InChI=1S/C29H37.C10H15.C3H6.2ClH.Zr/c1-16-13-14-25-26-23-12-10-9-11-22(23)15-24(26)27-19(4)17(2)18(3)21(6)29(27,8)28(25,7)20(16)5;1-8-6-5-7-9(8)10(2,3)4;1-3-2;;;/h9-14,16-18,20-21H,15H2,1-8H3;5-7H,1-4H3;1-2H3;2*1H;/q2*-1;;;;+2/p-2. The zero-order chi connectivity index (χ0) is 32.2. The second-order valence-corrected chi connectivity index (χ2v) is 18.3. The molecule has 7 atom stereocenters. The van der Waals surface area contributed by atoms with Crippen LogP contribution in [0.3, 0.4) is 0 Å². The zero-order valence-electron chi connectivity index (χ0n) is 30.5. The monoisotopic (exact) mass is 722 g/mol. The first-order chi connectivity index (χ1) is 19.9. The van der Waals surface area contributed by atoms with Crippen LogP contribution in [-0.4, -0.2) is 3.21 Å². The van der Waals surface area contributed by atoms with Gasteiger partial charge in [0.05, 0.1) is 0 Å². The molecule has 246 valence electrons. The van der Waals surface area contributed by atoms with Gasteiger partial charge in [-0.1, -0.05) is 147 Å². The van der Waals surface area contributed by atoms with Crippen LogP contribution in [0.4, 0.5) is 0 Å². The van der Waals surface area contributed by atoms with Gasteiger partial charge in [0.2, 0.25) is 0 Å². The van der Waals surface area contributed by atoms with E-state index in [-0.39, 0.29) is 35.6 Å². The van der Waals surface area contributed by atoms with E-state index in [4.69, 9.17) is 0 Å². The molecular weight excluding hydrogens is 667 g/mol. The molecule has 0 N–H and O–H groups in total. The van der Waals surface area contributed by atoms with Crippen molar-refractivity contribution in [1.82, 2.24) is 0 Å². The predicted molar refractivity (Wildman–Crippen MR) is 186 cm³/mol. The Balaban J connectivity index is 0.000000371. The van der Waals surface area contributed by atoms with Gasteiger partial charge >= 0.3 is 41.3 Å². The first kappa shape index (κ1) is 40.2. The SMILES string of the molecule is C[C-]1C2=C3Cc4ccccc4C3=C3C=CC(C)C(C)C3(C)C2(C)C(C)C(C)C1C.C[C](C)=[Zr+2].Cc1ccc[c-]1C(C)(C)C.[Cl-].[Cl-]. The number of aryl methyl sites for hydroxylation is 1. The second-order valence-electron chi connectivity index (χ2n) is 15.9. The number of halogens is 2. The van der Waals surface area contributed by atoms with Crippen LogP contribution in [0.5, 0.6) is 0 Å². The number of hydrogen-bond acceptors (Lipinski definition) is 0. The first-order valence-corrected chi connectivity index (χ1v) is 18.0. The molecule has 0 nitrogen and oxygen atoms in total. The van der Waals surface area contributed by atoms with Gasteiger partial charge in [-0.15, -0.1) is 12.5 Å². The molecule has 0 aromatic heterocycles. The summed E-state index contributed by atoms with van der Waals surface area (Å²) < 4.78 is 1.51. The van der Waals surface area contributed by atoms with Crippen LogP contribution in [0.1, 0.15) is 112 Å². The smallest absolute Gasteiger partial charge is 0.0583 e. The molecule has 0 bridgehead atoms. The van der Waals surface area contributed by atoms with Crippen molar-refractivity contribution in [3.8, 4) is 0 Å². The maximum Gasteiger partial charge on any atom is -0.0583 e. The second kappa shape index (κ2) is 14.6. The molecule has 4 aliphatic rings. The molecule has 0 aliphatic heterocycles. The van der Waals surface area contributed by atoms with Gasteiger partial charge in [-0.05, 0) is 34.7 Å². The van der Waals surface area contributed by atoms with Gasteiger partial charge in [-0.25, -0.2) is 18.1 Å². The van der Waals surface area contributed by atoms with Crippen molar-refractivity contribution in [3.05, 3.63) is 99.5 Å². The molecular formula is C42H58Cl2Zr-2. The fraction of sp³-hybridized carbons (Fsp3) is 0.548. The quantitative estimate of drug-likeness (QED) is 0.318. The number of fused-ring (bicyclic) bond motifs is 6. The molecule has 3 heteroatoms. The van der Waals surface area contributed by atoms with E-state index in [1.54, 1.807) is 52.4 Å². The van der Waals surface area contributed by atoms with Gasteiger partial charge in [-0.3, -0.25) is 0 Å². The molecule has 0 saturated heterocycles. The molecule has 4 aliphatic carbocycles. The van der Waals surface area contributed by atoms with Crippen LogP contribution >= 0.6 is 0 Å². The number of rotatable bonds is 0. The van der Waals surface area contributed by atoms with Gasteiger partial charge in [0.25, 0.3) is 0 Å². The molecule has 45 heavy (non-hydrogen) atoms. The van der Waals surface area contributed by atoms with Crippen molar-refractivity contribution in [2.75, 3.05) is 0 Å². The summed E-state index contributed by atoms with van der Waals surface area (Å²) in [5, 5.41) is 0.